The third-order valence-corrected chi connectivity index (χ3v) is 5.20. The van der Waals surface area contributed by atoms with Gasteiger partial charge in [-0.05, 0) is 49.6 Å². The van der Waals surface area contributed by atoms with E-state index in [9.17, 15) is 0 Å². The normalized spacial score (nSPS) is 11.6. The molecule has 0 aliphatic carbocycles. The molecule has 0 atom stereocenters. The fraction of sp³-hybridized carbons (Fsp3) is 0.385. The second-order valence-electron chi connectivity index (χ2n) is 7.82. The molecular weight excluding hydrogens is 414 g/mol. The Morgan fingerprint density at radius 2 is 1.70 bits per heavy atom. The molecule has 0 fully saturated rings. The zero-order chi connectivity index (χ0) is 23.5. The summed E-state index contributed by atoms with van der Waals surface area (Å²) in [5.41, 5.74) is 6.67. The highest BCUT2D eigenvalue weighted by molar-refractivity contribution is 5.79. The highest BCUT2D eigenvalue weighted by Gasteiger charge is 2.09. The van der Waals surface area contributed by atoms with Crippen LogP contribution >= 0.6 is 0 Å². The van der Waals surface area contributed by atoms with Crippen molar-refractivity contribution in [2.24, 2.45) is 4.99 Å². The van der Waals surface area contributed by atoms with Crippen LogP contribution in [0.4, 0.5) is 0 Å². The average Bonchev–Trinajstić information content (AvgIpc) is 3.17. The molecule has 0 aliphatic rings. The highest BCUT2D eigenvalue weighted by atomic mass is 16.5. The summed E-state index contributed by atoms with van der Waals surface area (Å²) in [6.07, 6.45) is 0. The number of nitrogens with one attached hydrogen (secondary N) is 2. The molecule has 0 radical (unpaired) electrons. The van der Waals surface area contributed by atoms with Crippen LogP contribution in [0.3, 0.4) is 0 Å². The molecule has 2 N–H and O–H groups in total. The van der Waals surface area contributed by atoms with Crippen molar-refractivity contribution in [3.05, 3.63) is 82.7 Å². The van der Waals surface area contributed by atoms with Gasteiger partial charge in [-0.1, -0.05) is 42.5 Å². The molecule has 0 saturated carbocycles. The molecule has 7 nitrogen and oxygen atoms in total. The molecule has 0 amide bonds. The minimum absolute atomic E-state index is 0.580. The van der Waals surface area contributed by atoms with Crippen molar-refractivity contribution in [2.45, 2.75) is 40.5 Å². The molecule has 0 saturated heterocycles. The van der Waals surface area contributed by atoms with E-state index in [1.807, 2.05) is 30.7 Å². The van der Waals surface area contributed by atoms with E-state index in [0.717, 1.165) is 34.2 Å². The zero-order valence-corrected chi connectivity index (χ0v) is 20.1. The summed E-state index contributed by atoms with van der Waals surface area (Å²) < 4.78 is 13.0. The van der Waals surface area contributed by atoms with Crippen LogP contribution in [-0.2, 0) is 29.2 Å². The lowest BCUT2D eigenvalue weighted by Gasteiger charge is -2.15. The summed E-state index contributed by atoms with van der Waals surface area (Å²) in [4.78, 5) is 4.38. The number of ether oxygens (including phenoxy) is 2. The Hall–Kier alpha value is -3.16. The summed E-state index contributed by atoms with van der Waals surface area (Å²) >= 11 is 0. The van der Waals surface area contributed by atoms with Crippen LogP contribution in [0.2, 0.25) is 0 Å². The van der Waals surface area contributed by atoms with Crippen LogP contribution in [0, 0.1) is 13.8 Å². The molecule has 0 aliphatic heterocycles. The Morgan fingerprint density at radius 1 is 0.939 bits per heavy atom. The number of aryl methyl sites for hydroxylation is 2. The summed E-state index contributed by atoms with van der Waals surface area (Å²) in [5, 5.41) is 11.5. The topological polar surface area (TPSA) is 72.7 Å². The monoisotopic (exact) mass is 449 g/mol. The van der Waals surface area contributed by atoms with Crippen molar-refractivity contribution >= 4 is 5.96 Å². The first kappa shape index (κ1) is 24.5. The van der Waals surface area contributed by atoms with Crippen LogP contribution in [0.25, 0.3) is 5.69 Å². The van der Waals surface area contributed by atoms with Gasteiger partial charge in [0.2, 0.25) is 0 Å². The maximum Gasteiger partial charge on any atom is 0.191 e. The van der Waals surface area contributed by atoms with Crippen LogP contribution in [-0.4, -0.2) is 42.6 Å². The number of para-hydroxylation sites is 1. The first-order chi connectivity index (χ1) is 16.1. The molecule has 3 aromatic rings. The SMILES string of the molecule is CCOCCOCc1cccc(CNC(=NC)NCc2ccccc2-n2nc(C)cc2C)c1. The number of rotatable bonds is 11. The molecule has 7 heteroatoms. The molecule has 3 rings (SSSR count). The number of benzene rings is 2. The van der Waals surface area contributed by atoms with E-state index in [1.54, 1.807) is 7.05 Å². The predicted octanol–water partition coefficient (Wildman–Crippen LogP) is 3.91. The number of guanidine groups is 1. The first-order valence-corrected chi connectivity index (χ1v) is 11.4. The van der Waals surface area contributed by atoms with E-state index < -0.39 is 0 Å². The number of aliphatic imine (C=N–C) groups is 1. The van der Waals surface area contributed by atoms with E-state index in [0.29, 0.717) is 39.5 Å². The molecule has 0 bridgehead atoms. The second kappa shape index (κ2) is 12.8. The van der Waals surface area contributed by atoms with E-state index in [-0.39, 0.29) is 0 Å². The minimum Gasteiger partial charge on any atom is -0.379 e. The summed E-state index contributed by atoms with van der Waals surface area (Å²) in [5.74, 6) is 0.747. The van der Waals surface area contributed by atoms with Gasteiger partial charge in [0.1, 0.15) is 0 Å². The number of nitrogens with zero attached hydrogens (tertiary/aromatic N) is 3. The lowest BCUT2D eigenvalue weighted by Crippen LogP contribution is -2.36. The zero-order valence-electron chi connectivity index (χ0n) is 20.1. The van der Waals surface area contributed by atoms with Crippen molar-refractivity contribution in [2.75, 3.05) is 26.9 Å². The third kappa shape index (κ3) is 7.44. The van der Waals surface area contributed by atoms with Crippen LogP contribution in [0.1, 0.15) is 35.0 Å². The minimum atomic E-state index is 0.580. The number of hydrogen-bond donors (Lipinski definition) is 2. The second-order valence-corrected chi connectivity index (χ2v) is 7.82. The Bertz CT molecular complexity index is 1040. The van der Waals surface area contributed by atoms with E-state index >= 15 is 0 Å². The lowest BCUT2D eigenvalue weighted by molar-refractivity contribution is 0.0453. The van der Waals surface area contributed by atoms with Gasteiger partial charge < -0.3 is 20.1 Å². The van der Waals surface area contributed by atoms with Gasteiger partial charge in [-0.25, -0.2) is 4.68 Å². The first-order valence-electron chi connectivity index (χ1n) is 11.4. The van der Waals surface area contributed by atoms with Gasteiger partial charge >= 0.3 is 0 Å². The average molecular weight is 450 g/mol. The standard InChI is InChI=1S/C26H35N5O2/c1-5-32-13-14-33-19-23-10-8-9-22(16-23)17-28-26(27-4)29-18-24-11-6-7-12-25(24)31-21(3)15-20(2)30-31/h6-12,15-16H,5,13-14,17-19H2,1-4H3,(H2,27,28,29). The van der Waals surface area contributed by atoms with Gasteiger partial charge in [0.25, 0.3) is 0 Å². The van der Waals surface area contributed by atoms with Crippen molar-refractivity contribution < 1.29 is 9.47 Å². The Balaban J connectivity index is 1.54. The number of hydrogen-bond acceptors (Lipinski definition) is 4. The van der Waals surface area contributed by atoms with Gasteiger partial charge in [-0.3, -0.25) is 4.99 Å². The maximum absolute atomic E-state index is 5.68. The molecule has 176 valence electrons. The van der Waals surface area contributed by atoms with Gasteiger partial charge in [0.05, 0.1) is 31.2 Å². The Kier molecular flexibility index (Phi) is 9.47. The summed E-state index contributed by atoms with van der Waals surface area (Å²) in [7, 11) is 1.78. The predicted molar refractivity (Wildman–Crippen MR) is 133 cm³/mol. The molecule has 33 heavy (non-hydrogen) atoms. The fourth-order valence-corrected chi connectivity index (χ4v) is 3.61. The smallest absolute Gasteiger partial charge is 0.191 e. The Labute approximate surface area is 196 Å². The van der Waals surface area contributed by atoms with Crippen LogP contribution in [0.15, 0.2) is 59.6 Å². The van der Waals surface area contributed by atoms with E-state index in [1.165, 1.54) is 5.56 Å². The van der Waals surface area contributed by atoms with Crippen LogP contribution in [0.5, 0.6) is 0 Å². The van der Waals surface area contributed by atoms with Crippen molar-refractivity contribution in [3.8, 4) is 5.69 Å². The van der Waals surface area contributed by atoms with Crippen molar-refractivity contribution in [1.82, 2.24) is 20.4 Å². The number of aromatic nitrogens is 2. The Morgan fingerprint density at radius 3 is 2.45 bits per heavy atom. The van der Waals surface area contributed by atoms with Crippen molar-refractivity contribution in [1.29, 1.82) is 0 Å². The van der Waals surface area contributed by atoms with Crippen LogP contribution < -0.4 is 10.6 Å². The summed E-state index contributed by atoms with van der Waals surface area (Å²) in [6, 6.07) is 18.8. The van der Waals surface area contributed by atoms with Gasteiger partial charge in [0, 0.05) is 32.4 Å². The van der Waals surface area contributed by atoms with Gasteiger partial charge in [-0.2, -0.15) is 5.10 Å². The molecule has 0 spiro atoms. The van der Waals surface area contributed by atoms with Gasteiger partial charge in [0.15, 0.2) is 5.96 Å². The lowest BCUT2D eigenvalue weighted by atomic mass is 10.1. The summed E-state index contributed by atoms with van der Waals surface area (Å²) in [6.45, 7) is 9.91. The molecule has 2 aromatic carbocycles. The largest absolute Gasteiger partial charge is 0.379 e. The quantitative estimate of drug-likeness (QED) is 0.264. The van der Waals surface area contributed by atoms with Crippen molar-refractivity contribution in [3.63, 3.8) is 0 Å². The molecule has 1 aromatic heterocycles. The molecule has 0 unspecified atom stereocenters. The van der Waals surface area contributed by atoms with E-state index in [2.05, 4.69) is 70.1 Å². The van der Waals surface area contributed by atoms with Gasteiger partial charge in [-0.15, -0.1) is 0 Å². The maximum atomic E-state index is 5.68. The highest BCUT2D eigenvalue weighted by Crippen LogP contribution is 2.17. The van der Waals surface area contributed by atoms with E-state index in [4.69, 9.17) is 9.47 Å². The third-order valence-electron chi connectivity index (χ3n) is 5.20. The molecule has 1 heterocycles. The fourth-order valence-electron chi connectivity index (χ4n) is 3.61. The molecular formula is C26H35N5O2.